The summed E-state index contributed by atoms with van der Waals surface area (Å²) in [6.45, 7) is 9.31. The highest BCUT2D eigenvalue weighted by atomic mass is 15.2. The van der Waals surface area contributed by atoms with Gasteiger partial charge in [0.15, 0.2) is 0 Å². The zero-order valence-corrected chi connectivity index (χ0v) is 9.01. The first-order chi connectivity index (χ1) is 5.66. The van der Waals surface area contributed by atoms with Crippen LogP contribution in [-0.2, 0) is 0 Å². The monoisotopic (exact) mass is 169 g/mol. The van der Waals surface area contributed by atoms with Gasteiger partial charge in [-0.15, -0.1) is 0 Å². The molecule has 0 bridgehead atoms. The van der Waals surface area contributed by atoms with E-state index in [-0.39, 0.29) is 0 Å². The first-order valence-electron chi connectivity index (χ1n) is 5.44. The molecule has 2 atom stereocenters. The van der Waals surface area contributed by atoms with Crippen molar-refractivity contribution < 1.29 is 0 Å². The summed E-state index contributed by atoms with van der Waals surface area (Å²) in [5, 5.41) is 0. The average Bonchev–Trinajstić information content (AvgIpc) is 2.32. The normalized spacial score (nSPS) is 31.8. The summed E-state index contributed by atoms with van der Waals surface area (Å²) in [5.74, 6) is 0. The van der Waals surface area contributed by atoms with Crippen molar-refractivity contribution in [2.45, 2.75) is 71.5 Å². The molecule has 0 N–H and O–H groups in total. The average molecular weight is 169 g/mol. The van der Waals surface area contributed by atoms with Crippen molar-refractivity contribution in [1.82, 2.24) is 4.90 Å². The molecule has 1 aliphatic rings. The first kappa shape index (κ1) is 10.0. The zero-order chi connectivity index (χ0) is 9.14. The summed E-state index contributed by atoms with van der Waals surface area (Å²) >= 11 is 0. The molecule has 1 heteroatoms. The van der Waals surface area contributed by atoms with Crippen LogP contribution in [0, 0.1) is 0 Å². The van der Waals surface area contributed by atoms with Gasteiger partial charge in [0.2, 0.25) is 0 Å². The van der Waals surface area contributed by atoms with Crippen LogP contribution in [0.4, 0.5) is 0 Å². The van der Waals surface area contributed by atoms with Gasteiger partial charge in [-0.1, -0.05) is 13.3 Å². The minimum absolute atomic E-state index is 0.735. The second-order valence-corrected chi connectivity index (χ2v) is 4.41. The maximum Gasteiger partial charge on any atom is 0.0101 e. The van der Waals surface area contributed by atoms with Crippen LogP contribution in [0.1, 0.15) is 53.4 Å². The number of rotatable bonds is 3. The molecule has 1 nitrogen and oxygen atoms in total. The fourth-order valence-corrected chi connectivity index (χ4v) is 2.65. The minimum atomic E-state index is 0.735. The Morgan fingerprint density at radius 3 is 2.50 bits per heavy atom. The number of hydrogen-bond acceptors (Lipinski definition) is 1. The molecule has 0 saturated carbocycles. The van der Waals surface area contributed by atoms with E-state index in [0.29, 0.717) is 0 Å². The maximum atomic E-state index is 2.70. The van der Waals surface area contributed by atoms with E-state index in [1.807, 2.05) is 0 Å². The molecule has 0 amide bonds. The first-order valence-corrected chi connectivity index (χ1v) is 5.44. The largest absolute Gasteiger partial charge is 0.295 e. The van der Waals surface area contributed by atoms with E-state index in [1.54, 1.807) is 0 Å². The van der Waals surface area contributed by atoms with Crippen molar-refractivity contribution in [2.75, 3.05) is 0 Å². The van der Waals surface area contributed by atoms with Crippen LogP contribution in [0.2, 0.25) is 0 Å². The second-order valence-electron chi connectivity index (χ2n) is 4.41. The Labute approximate surface area is 77.1 Å². The van der Waals surface area contributed by atoms with Gasteiger partial charge < -0.3 is 0 Å². The van der Waals surface area contributed by atoms with Gasteiger partial charge in [-0.25, -0.2) is 0 Å². The molecule has 72 valence electrons. The third kappa shape index (κ3) is 2.01. The van der Waals surface area contributed by atoms with Crippen molar-refractivity contribution >= 4 is 0 Å². The van der Waals surface area contributed by atoms with Crippen molar-refractivity contribution in [2.24, 2.45) is 0 Å². The van der Waals surface area contributed by atoms with Crippen LogP contribution >= 0.6 is 0 Å². The third-order valence-electron chi connectivity index (χ3n) is 3.07. The van der Waals surface area contributed by atoms with Crippen LogP contribution in [0.15, 0.2) is 0 Å². The van der Waals surface area contributed by atoms with Crippen LogP contribution in [0.25, 0.3) is 0 Å². The topological polar surface area (TPSA) is 3.24 Å². The van der Waals surface area contributed by atoms with Crippen LogP contribution in [-0.4, -0.2) is 23.0 Å². The van der Waals surface area contributed by atoms with Gasteiger partial charge in [-0.2, -0.15) is 0 Å². The van der Waals surface area contributed by atoms with Gasteiger partial charge in [-0.05, 0) is 40.0 Å². The Balaban J connectivity index is 2.51. The molecule has 0 aromatic carbocycles. The molecule has 1 saturated heterocycles. The number of likely N-dealkylation sites (tertiary alicyclic amines) is 1. The second kappa shape index (κ2) is 4.27. The van der Waals surface area contributed by atoms with E-state index in [9.17, 15) is 0 Å². The van der Waals surface area contributed by atoms with Crippen molar-refractivity contribution in [1.29, 1.82) is 0 Å². The van der Waals surface area contributed by atoms with E-state index in [4.69, 9.17) is 0 Å². The molecule has 0 radical (unpaired) electrons. The zero-order valence-electron chi connectivity index (χ0n) is 9.01. The lowest BCUT2D eigenvalue weighted by atomic mass is 10.1. The van der Waals surface area contributed by atoms with E-state index >= 15 is 0 Å². The number of nitrogens with zero attached hydrogens (tertiary/aromatic N) is 1. The van der Waals surface area contributed by atoms with Gasteiger partial charge in [-0.3, -0.25) is 4.90 Å². The highest BCUT2D eigenvalue weighted by Crippen LogP contribution is 2.28. The predicted octanol–water partition coefficient (Wildman–Crippen LogP) is 3.05. The van der Waals surface area contributed by atoms with Crippen LogP contribution in [0.3, 0.4) is 0 Å². The van der Waals surface area contributed by atoms with E-state index in [1.165, 1.54) is 25.7 Å². The molecule has 1 aliphatic heterocycles. The summed E-state index contributed by atoms with van der Waals surface area (Å²) in [7, 11) is 0. The Morgan fingerprint density at radius 2 is 2.00 bits per heavy atom. The van der Waals surface area contributed by atoms with Gasteiger partial charge in [0.25, 0.3) is 0 Å². The molecule has 1 heterocycles. The smallest absolute Gasteiger partial charge is 0.0101 e. The predicted molar refractivity (Wildman–Crippen MR) is 54.4 cm³/mol. The Bertz CT molecular complexity index is 129. The standard InChI is InChI=1S/C11H23N/c1-5-6-11-8-7-10(4)12(11)9(2)3/h9-11H,5-8H2,1-4H3. The Kier molecular flexibility index (Phi) is 3.57. The molecule has 0 spiro atoms. The summed E-state index contributed by atoms with van der Waals surface area (Å²) in [5.41, 5.74) is 0. The van der Waals surface area contributed by atoms with E-state index in [2.05, 4.69) is 32.6 Å². The highest BCUT2D eigenvalue weighted by molar-refractivity contribution is 4.86. The molecule has 1 fully saturated rings. The SMILES string of the molecule is CCCC1CCC(C)N1C(C)C. The van der Waals surface area contributed by atoms with Crippen molar-refractivity contribution in [3.05, 3.63) is 0 Å². The lowest BCUT2D eigenvalue weighted by Crippen LogP contribution is -2.39. The fourth-order valence-electron chi connectivity index (χ4n) is 2.65. The van der Waals surface area contributed by atoms with Crippen LogP contribution < -0.4 is 0 Å². The minimum Gasteiger partial charge on any atom is -0.295 e. The van der Waals surface area contributed by atoms with Gasteiger partial charge in [0, 0.05) is 18.1 Å². The number of hydrogen-bond donors (Lipinski definition) is 0. The van der Waals surface area contributed by atoms with E-state index in [0.717, 1.165) is 18.1 Å². The van der Waals surface area contributed by atoms with E-state index < -0.39 is 0 Å². The summed E-state index contributed by atoms with van der Waals surface area (Å²) < 4.78 is 0. The van der Waals surface area contributed by atoms with Gasteiger partial charge in [0.1, 0.15) is 0 Å². The van der Waals surface area contributed by atoms with Gasteiger partial charge in [0.05, 0.1) is 0 Å². The molecule has 12 heavy (non-hydrogen) atoms. The molecule has 0 aliphatic carbocycles. The Hall–Kier alpha value is -0.0400. The summed E-state index contributed by atoms with van der Waals surface area (Å²) in [6.07, 6.45) is 5.55. The van der Waals surface area contributed by atoms with Crippen LogP contribution in [0.5, 0.6) is 0 Å². The highest BCUT2D eigenvalue weighted by Gasteiger charge is 2.31. The lowest BCUT2D eigenvalue weighted by molar-refractivity contribution is 0.150. The molecule has 2 unspecified atom stereocenters. The molecular formula is C11H23N. The van der Waals surface area contributed by atoms with Crippen molar-refractivity contribution in [3.63, 3.8) is 0 Å². The maximum absolute atomic E-state index is 2.70. The quantitative estimate of drug-likeness (QED) is 0.627. The Morgan fingerprint density at radius 1 is 1.33 bits per heavy atom. The van der Waals surface area contributed by atoms with Crippen molar-refractivity contribution in [3.8, 4) is 0 Å². The molecular weight excluding hydrogens is 146 g/mol. The molecule has 1 rings (SSSR count). The molecule has 0 aromatic rings. The lowest BCUT2D eigenvalue weighted by Gasteiger charge is -2.32. The van der Waals surface area contributed by atoms with Gasteiger partial charge >= 0.3 is 0 Å². The summed E-state index contributed by atoms with van der Waals surface area (Å²) in [6, 6.07) is 2.44. The summed E-state index contributed by atoms with van der Waals surface area (Å²) in [4.78, 5) is 2.70. The fraction of sp³-hybridized carbons (Fsp3) is 1.00. The molecule has 0 aromatic heterocycles. The third-order valence-corrected chi connectivity index (χ3v) is 3.07.